The Kier molecular flexibility index (Phi) is 3.93. The van der Waals surface area contributed by atoms with Crippen LogP contribution in [0.1, 0.15) is 10.4 Å². The van der Waals surface area contributed by atoms with Crippen LogP contribution >= 0.6 is 11.8 Å². The van der Waals surface area contributed by atoms with E-state index in [1.807, 2.05) is 61.7 Å². The van der Waals surface area contributed by atoms with Crippen molar-refractivity contribution in [2.75, 3.05) is 11.9 Å². The fourth-order valence-corrected chi connectivity index (χ4v) is 3.25. The molecule has 0 atom stereocenters. The largest absolute Gasteiger partial charge is 0.338 e. The molecule has 1 heterocycles. The van der Waals surface area contributed by atoms with Crippen LogP contribution in [0.4, 0.5) is 5.69 Å². The van der Waals surface area contributed by atoms with Crippen molar-refractivity contribution < 1.29 is 4.79 Å². The summed E-state index contributed by atoms with van der Waals surface area (Å²) in [6.07, 6.45) is 5.41. The molecule has 0 radical (unpaired) electrons. The summed E-state index contributed by atoms with van der Waals surface area (Å²) < 4.78 is 0. The van der Waals surface area contributed by atoms with E-state index in [1.54, 1.807) is 17.8 Å². The maximum atomic E-state index is 12.0. The molecular formula is C18H15NOS. The second-order valence-electron chi connectivity index (χ2n) is 4.72. The molecule has 0 aromatic heterocycles. The van der Waals surface area contributed by atoms with Crippen molar-refractivity contribution in [1.29, 1.82) is 0 Å². The number of para-hydroxylation sites is 1. The Bertz CT molecular complexity index is 719. The fraction of sp³-hybridized carbons (Fsp3) is 0.0556. The zero-order valence-electron chi connectivity index (χ0n) is 11.7. The van der Waals surface area contributed by atoms with Gasteiger partial charge in [-0.1, -0.05) is 60.3 Å². The van der Waals surface area contributed by atoms with Crippen LogP contribution in [0.2, 0.25) is 0 Å². The summed E-state index contributed by atoms with van der Waals surface area (Å²) in [5.41, 5.74) is 1.92. The van der Waals surface area contributed by atoms with Crippen LogP contribution < -0.4 is 4.90 Å². The van der Waals surface area contributed by atoms with Gasteiger partial charge in [-0.3, -0.25) is 4.79 Å². The van der Waals surface area contributed by atoms with Gasteiger partial charge in [-0.2, -0.15) is 0 Å². The molecule has 0 amide bonds. The van der Waals surface area contributed by atoms with Gasteiger partial charge in [0.2, 0.25) is 0 Å². The highest BCUT2D eigenvalue weighted by Gasteiger charge is 2.20. The summed E-state index contributed by atoms with van der Waals surface area (Å²) >= 11 is 1.72. The summed E-state index contributed by atoms with van der Waals surface area (Å²) in [6, 6.07) is 17.6. The predicted molar refractivity (Wildman–Crippen MR) is 88.7 cm³/mol. The van der Waals surface area contributed by atoms with Crippen LogP contribution in [0.3, 0.4) is 0 Å². The molecule has 0 fully saturated rings. The van der Waals surface area contributed by atoms with Crippen molar-refractivity contribution >= 4 is 23.2 Å². The van der Waals surface area contributed by atoms with Gasteiger partial charge in [-0.25, -0.2) is 0 Å². The maximum Gasteiger partial charge on any atom is 0.185 e. The predicted octanol–water partition coefficient (Wildman–Crippen LogP) is 4.51. The smallest absolute Gasteiger partial charge is 0.185 e. The number of anilines is 1. The van der Waals surface area contributed by atoms with Crippen molar-refractivity contribution in [2.24, 2.45) is 0 Å². The number of hydrogen-bond acceptors (Lipinski definition) is 3. The van der Waals surface area contributed by atoms with E-state index < -0.39 is 0 Å². The van der Waals surface area contributed by atoms with Crippen molar-refractivity contribution in [3.63, 3.8) is 0 Å². The lowest BCUT2D eigenvalue weighted by Crippen LogP contribution is -2.08. The van der Waals surface area contributed by atoms with Gasteiger partial charge in [-0.05, 0) is 24.3 Å². The van der Waals surface area contributed by atoms with E-state index in [2.05, 4.69) is 17.0 Å². The van der Waals surface area contributed by atoms with Gasteiger partial charge < -0.3 is 4.90 Å². The Morgan fingerprint density at radius 3 is 2.52 bits per heavy atom. The molecule has 2 aromatic rings. The minimum atomic E-state index is 0.0237. The molecule has 0 saturated heterocycles. The third-order valence-electron chi connectivity index (χ3n) is 3.32. The number of ketones is 1. The first kappa shape index (κ1) is 13.7. The third kappa shape index (κ3) is 2.93. The fourth-order valence-electron chi connectivity index (χ4n) is 2.18. The van der Waals surface area contributed by atoms with Crippen LogP contribution in [0.15, 0.2) is 82.7 Å². The zero-order chi connectivity index (χ0) is 14.7. The number of nitrogens with zero attached hydrogens (tertiary/aromatic N) is 1. The highest BCUT2D eigenvalue weighted by molar-refractivity contribution is 8.03. The molecule has 3 heteroatoms. The van der Waals surface area contributed by atoms with E-state index in [-0.39, 0.29) is 5.78 Å². The average Bonchev–Trinajstić information content (AvgIpc) is 2.85. The molecular weight excluding hydrogens is 278 g/mol. The van der Waals surface area contributed by atoms with Crippen LogP contribution in [0, 0.1) is 0 Å². The van der Waals surface area contributed by atoms with Crippen LogP contribution in [-0.2, 0) is 0 Å². The Labute approximate surface area is 128 Å². The van der Waals surface area contributed by atoms with Gasteiger partial charge in [0.15, 0.2) is 5.78 Å². The zero-order valence-corrected chi connectivity index (χ0v) is 12.5. The molecule has 0 saturated carbocycles. The first-order valence-electron chi connectivity index (χ1n) is 6.74. The summed E-state index contributed by atoms with van der Waals surface area (Å²) in [7, 11) is 2.04. The van der Waals surface area contributed by atoms with E-state index in [0.717, 1.165) is 5.03 Å². The molecule has 0 unspecified atom stereocenters. The molecule has 104 valence electrons. The van der Waals surface area contributed by atoms with Gasteiger partial charge in [-0.15, -0.1) is 0 Å². The minimum Gasteiger partial charge on any atom is -0.338 e. The molecule has 1 aliphatic rings. The highest BCUT2D eigenvalue weighted by atomic mass is 32.2. The monoisotopic (exact) mass is 293 g/mol. The molecule has 0 bridgehead atoms. The second-order valence-corrected chi connectivity index (χ2v) is 5.79. The summed E-state index contributed by atoms with van der Waals surface area (Å²) in [4.78, 5) is 15.4. The van der Waals surface area contributed by atoms with Gasteiger partial charge in [0.1, 0.15) is 0 Å². The molecule has 21 heavy (non-hydrogen) atoms. The van der Waals surface area contributed by atoms with E-state index in [0.29, 0.717) is 5.56 Å². The first-order chi connectivity index (χ1) is 10.3. The van der Waals surface area contributed by atoms with E-state index in [4.69, 9.17) is 0 Å². The minimum absolute atomic E-state index is 0.0237. The standard InChI is InChI=1S/C18H15NOS/c1-19-15-10-5-6-12-17(15)21-18(19)13-7-11-16(20)14-8-3-2-4-9-14/h2-13H,1H3. The third-order valence-corrected chi connectivity index (χ3v) is 4.50. The number of hydrogen-bond donors (Lipinski definition) is 0. The quantitative estimate of drug-likeness (QED) is 0.613. The molecule has 0 aliphatic carbocycles. The second kappa shape index (κ2) is 6.02. The normalized spacial score (nSPS) is 15.7. The number of carbonyl (C=O) groups excluding carboxylic acids is 1. The van der Waals surface area contributed by atoms with Gasteiger partial charge in [0, 0.05) is 17.5 Å². The average molecular weight is 293 g/mol. The highest BCUT2D eigenvalue weighted by Crippen LogP contribution is 2.44. The van der Waals surface area contributed by atoms with E-state index in [1.165, 1.54) is 10.6 Å². The summed E-state index contributed by atoms with van der Waals surface area (Å²) in [5, 5.41) is 1.12. The van der Waals surface area contributed by atoms with Gasteiger partial charge in [0.05, 0.1) is 10.7 Å². The van der Waals surface area contributed by atoms with Gasteiger partial charge in [0.25, 0.3) is 0 Å². The number of carbonyl (C=O) groups is 1. The molecule has 2 nitrogen and oxygen atoms in total. The van der Waals surface area contributed by atoms with Crippen molar-refractivity contribution in [2.45, 2.75) is 4.90 Å². The summed E-state index contributed by atoms with van der Waals surface area (Å²) in [5.74, 6) is 0.0237. The molecule has 3 rings (SSSR count). The number of thioether (sulfide) groups is 1. The number of fused-ring (bicyclic) bond motifs is 1. The SMILES string of the molecule is CN1C(=CC=CC(=O)c2ccccc2)Sc2ccccc21. The molecule has 2 aromatic carbocycles. The molecule has 1 aliphatic heterocycles. The number of benzene rings is 2. The molecule has 0 N–H and O–H groups in total. The Morgan fingerprint density at radius 1 is 1.05 bits per heavy atom. The van der Waals surface area contributed by atoms with Crippen molar-refractivity contribution in [1.82, 2.24) is 0 Å². The van der Waals surface area contributed by atoms with Crippen LogP contribution in [-0.4, -0.2) is 12.8 Å². The van der Waals surface area contributed by atoms with Crippen molar-refractivity contribution in [3.05, 3.63) is 83.4 Å². The lowest BCUT2D eigenvalue weighted by molar-refractivity contribution is 0.104. The summed E-state index contributed by atoms with van der Waals surface area (Å²) in [6.45, 7) is 0. The maximum absolute atomic E-state index is 12.0. The van der Waals surface area contributed by atoms with Crippen LogP contribution in [0.25, 0.3) is 0 Å². The number of rotatable bonds is 3. The Hall–Kier alpha value is -2.26. The molecule has 0 spiro atoms. The van der Waals surface area contributed by atoms with Gasteiger partial charge >= 0.3 is 0 Å². The van der Waals surface area contributed by atoms with Crippen molar-refractivity contribution in [3.8, 4) is 0 Å². The van der Waals surface area contributed by atoms with E-state index in [9.17, 15) is 4.79 Å². The lowest BCUT2D eigenvalue weighted by atomic mass is 10.1. The Morgan fingerprint density at radius 2 is 1.76 bits per heavy atom. The van der Waals surface area contributed by atoms with E-state index >= 15 is 0 Å². The van der Waals surface area contributed by atoms with Crippen LogP contribution in [0.5, 0.6) is 0 Å². The number of allylic oxidation sites excluding steroid dienone is 3. The topological polar surface area (TPSA) is 20.3 Å². The lowest BCUT2D eigenvalue weighted by Gasteiger charge is -2.12. The first-order valence-corrected chi connectivity index (χ1v) is 7.56. The Balaban J connectivity index is 1.73.